The summed E-state index contributed by atoms with van der Waals surface area (Å²) in [5, 5.41) is 5.26. The third kappa shape index (κ3) is 2.15. The first-order valence-electron chi connectivity index (χ1n) is 6.14. The summed E-state index contributed by atoms with van der Waals surface area (Å²) in [6.07, 6.45) is 0. The maximum absolute atomic E-state index is 3.24. The van der Waals surface area contributed by atoms with Gasteiger partial charge in [-0.2, -0.15) is 0 Å². The molecule has 0 saturated carbocycles. The van der Waals surface area contributed by atoms with Gasteiger partial charge in [-0.1, -0.05) is 0 Å². The van der Waals surface area contributed by atoms with Gasteiger partial charge in [0.05, 0.1) is 0 Å². The number of benzene rings is 3. The second kappa shape index (κ2) is 5.47. The Balaban J connectivity index is 2.68. The minimum atomic E-state index is 1.16. The van der Waals surface area contributed by atoms with Crippen LogP contribution in [0.25, 0.3) is 21.5 Å². The molecule has 20 heavy (non-hydrogen) atoms. The van der Waals surface area contributed by atoms with Gasteiger partial charge in [0, 0.05) is 0 Å². The molecular weight excluding hydrogens is 508 g/mol. The maximum atomic E-state index is 3.24. The molecular formula is C16H10Se4. The zero-order valence-electron chi connectivity index (χ0n) is 10.9. The molecule has 0 nitrogen and oxygen atoms in total. The molecule has 0 heterocycles. The van der Waals surface area contributed by atoms with Gasteiger partial charge in [0.1, 0.15) is 0 Å². The van der Waals surface area contributed by atoms with Crippen molar-refractivity contribution in [3.05, 3.63) is 35.4 Å². The summed E-state index contributed by atoms with van der Waals surface area (Å²) in [4.78, 5) is 0. The number of fused-ring (bicyclic) bond motifs is 2. The van der Waals surface area contributed by atoms with E-state index >= 15 is 0 Å². The van der Waals surface area contributed by atoms with Gasteiger partial charge in [-0.15, -0.1) is 0 Å². The van der Waals surface area contributed by atoms with Crippen molar-refractivity contribution in [1.29, 1.82) is 0 Å². The summed E-state index contributed by atoms with van der Waals surface area (Å²) >= 11 is 12.8. The molecule has 0 N–H and O–H groups in total. The molecule has 98 valence electrons. The van der Waals surface area contributed by atoms with Crippen molar-refractivity contribution >= 4 is 103 Å². The van der Waals surface area contributed by atoms with Crippen molar-refractivity contribution in [2.75, 3.05) is 0 Å². The molecule has 0 aromatic heterocycles. The van der Waals surface area contributed by atoms with Crippen LogP contribution in [0.2, 0.25) is 0 Å². The molecule has 0 atom stereocenters. The summed E-state index contributed by atoms with van der Waals surface area (Å²) in [5.74, 6) is 0. The Hall–Kier alpha value is 0.258. The van der Waals surface area contributed by atoms with Crippen LogP contribution in [-0.2, 0) is 0 Å². The molecule has 0 aliphatic rings. The van der Waals surface area contributed by atoms with E-state index in [4.69, 9.17) is 0 Å². The van der Waals surface area contributed by atoms with E-state index in [1.54, 1.807) is 0 Å². The van der Waals surface area contributed by atoms with Gasteiger partial charge in [-0.25, -0.2) is 0 Å². The summed E-state index contributed by atoms with van der Waals surface area (Å²) < 4.78 is 4.73. The summed E-state index contributed by atoms with van der Waals surface area (Å²) in [7, 11) is 0. The average molecular weight is 518 g/mol. The Labute approximate surface area is 151 Å². The fraction of sp³-hybridized carbons (Fsp3) is 0.125. The number of aryl methyl sites for hydroxylation is 2. The van der Waals surface area contributed by atoms with Crippen LogP contribution in [0.15, 0.2) is 24.3 Å². The molecule has 0 bridgehead atoms. The van der Waals surface area contributed by atoms with E-state index in [1.807, 2.05) is 0 Å². The van der Waals surface area contributed by atoms with Crippen LogP contribution >= 0.6 is 0 Å². The zero-order valence-corrected chi connectivity index (χ0v) is 17.8. The van der Waals surface area contributed by atoms with Crippen LogP contribution in [-0.4, -0.2) is 64.1 Å². The van der Waals surface area contributed by atoms with Crippen LogP contribution in [0.1, 0.15) is 11.1 Å². The van der Waals surface area contributed by atoms with E-state index < -0.39 is 0 Å². The third-order valence-corrected chi connectivity index (χ3v) is 9.14. The molecule has 0 amide bonds. The molecule has 0 unspecified atom stereocenters. The van der Waals surface area contributed by atoms with Crippen molar-refractivity contribution in [2.24, 2.45) is 0 Å². The van der Waals surface area contributed by atoms with Gasteiger partial charge in [-0.05, 0) is 0 Å². The molecule has 0 aliphatic carbocycles. The molecule has 0 spiro atoms. The monoisotopic (exact) mass is 522 g/mol. The van der Waals surface area contributed by atoms with Crippen LogP contribution in [0.3, 0.4) is 0 Å². The Morgan fingerprint density at radius 2 is 1.40 bits per heavy atom. The first-order valence-corrected chi connectivity index (χ1v) is 9.56. The Morgan fingerprint density at radius 1 is 0.750 bits per heavy atom. The Bertz CT molecular complexity index is 866. The SMILES string of the molecule is Cc1cccc2cc3c([Se])c([Se])c([Se])c([Se])c3c(C)c12. The fourth-order valence-corrected chi connectivity index (χ4v) is 5.64. The first kappa shape index (κ1) is 15.2. The Morgan fingerprint density at radius 3 is 2.10 bits per heavy atom. The molecule has 0 aliphatic heterocycles. The van der Waals surface area contributed by atoms with E-state index in [0.717, 1.165) is 4.46 Å². The predicted molar refractivity (Wildman–Crippen MR) is 92.5 cm³/mol. The van der Waals surface area contributed by atoms with Crippen LogP contribution in [0.4, 0.5) is 0 Å². The van der Waals surface area contributed by atoms with Crippen molar-refractivity contribution in [3.8, 4) is 0 Å². The van der Waals surface area contributed by atoms with E-state index in [-0.39, 0.29) is 0 Å². The second-order valence-electron chi connectivity index (χ2n) is 4.91. The van der Waals surface area contributed by atoms with Gasteiger partial charge >= 0.3 is 153 Å². The van der Waals surface area contributed by atoms with E-state index in [2.05, 4.69) is 102 Å². The van der Waals surface area contributed by atoms with Crippen molar-refractivity contribution < 1.29 is 0 Å². The summed E-state index contributed by atoms with van der Waals surface area (Å²) in [6, 6.07) is 8.79. The molecule has 4 radical (unpaired) electrons. The molecule has 0 saturated heterocycles. The minimum absolute atomic E-state index is 1.16. The fourth-order valence-electron chi connectivity index (χ4n) is 2.79. The van der Waals surface area contributed by atoms with Gasteiger partial charge in [-0.3, -0.25) is 0 Å². The number of rotatable bonds is 0. The van der Waals surface area contributed by atoms with Crippen molar-refractivity contribution in [1.82, 2.24) is 0 Å². The normalized spacial score (nSPS) is 11.3. The molecule has 3 aromatic carbocycles. The number of hydrogen-bond donors (Lipinski definition) is 0. The van der Waals surface area contributed by atoms with Crippen molar-refractivity contribution in [2.45, 2.75) is 13.8 Å². The molecule has 0 fully saturated rings. The van der Waals surface area contributed by atoms with E-state index in [0.29, 0.717) is 0 Å². The molecule has 3 rings (SSSR count). The topological polar surface area (TPSA) is 0 Å². The molecule has 3 aromatic rings. The van der Waals surface area contributed by atoms with Crippen LogP contribution < -0.4 is 17.8 Å². The van der Waals surface area contributed by atoms with Crippen LogP contribution in [0.5, 0.6) is 0 Å². The first-order chi connectivity index (χ1) is 9.43. The van der Waals surface area contributed by atoms with Gasteiger partial charge in [0.15, 0.2) is 0 Å². The summed E-state index contributed by atoms with van der Waals surface area (Å²) in [5.41, 5.74) is 2.68. The zero-order chi connectivity index (χ0) is 14.6. The van der Waals surface area contributed by atoms with E-state index in [9.17, 15) is 0 Å². The molecule has 4 heteroatoms. The standard InChI is InChI=1S/C16H10Se4/c1-7-4-3-5-9-6-10-12(8(2)11(7)9)14(18)16(20)15(19)13(10)17/h3-6H,1-2H3. The average Bonchev–Trinajstić information content (AvgIpc) is 2.42. The third-order valence-electron chi connectivity index (χ3n) is 3.71. The van der Waals surface area contributed by atoms with Gasteiger partial charge in [0.2, 0.25) is 0 Å². The van der Waals surface area contributed by atoms with Gasteiger partial charge < -0.3 is 0 Å². The van der Waals surface area contributed by atoms with Crippen molar-refractivity contribution in [3.63, 3.8) is 0 Å². The number of hydrogen-bond acceptors (Lipinski definition) is 0. The van der Waals surface area contributed by atoms with Crippen LogP contribution in [0, 0.1) is 13.8 Å². The summed E-state index contributed by atoms with van der Waals surface area (Å²) in [6.45, 7) is 4.40. The van der Waals surface area contributed by atoms with Gasteiger partial charge in [0.25, 0.3) is 0 Å². The predicted octanol–water partition coefficient (Wildman–Crippen LogP) is -0.215. The quantitative estimate of drug-likeness (QED) is 0.286. The second-order valence-corrected chi connectivity index (χ2v) is 8.34. The van der Waals surface area contributed by atoms with E-state index in [1.165, 1.54) is 46.1 Å². The Kier molecular flexibility index (Phi) is 4.15.